The van der Waals surface area contributed by atoms with E-state index >= 15 is 0 Å². The maximum atomic E-state index is 11.2. The summed E-state index contributed by atoms with van der Waals surface area (Å²) in [7, 11) is 0. The van der Waals surface area contributed by atoms with Gasteiger partial charge in [-0.15, -0.1) is 0 Å². The van der Waals surface area contributed by atoms with Crippen LogP contribution >= 0.6 is 0 Å². The van der Waals surface area contributed by atoms with Crippen molar-refractivity contribution in [2.45, 2.75) is 39.8 Å². The number of primary amides is 1. The zero-order valence-corrected chi connectivity index (χ0v) is 10.2. The SMILES string of the molecule is CCCNC(Cn1nc(C)cc1C)C(N)=O. The van der Waals surface area contributed by atoms with Crippen LogP contribution in [0.5, 0.6) is 0 Å². The van der Waals surface area contributed by atoms with Crippen LogP contribution in [0, 0.1) is 13.8 Å². The quantitative estimate of drug-likeness (QED) is 0.732. The van der Waals surface area contributed by atoms with Crippen LogP contribution in [0.25, 0.3) is 0 Å². The van der Waals surface area contributed by atoms with Crippen molar-refractivity contribution in [2.24, 2.45) is 5.73 Å². The Morgan fingerprint density at radius 2 is 2.31 bits per heavy atom. The van der Waals surface area contributed by atoms with Crippen molar-refractivity contribution >= 4 is 5.91 Å². The fraction of sp³-hybridized carbons (Fsp3) is 0.636. The first kappa shape index (κ1) is 12.7. The fourth-order valence-electron chi connectivity index (χ4n) is 1.61. The van der Waals surface area contributed by atoms with Gasteiger partial charge in [0.05, 0.1) is 12.2 Å². The number of nitrogens with one attached hydrogen (secondary N) is 1. The van der Waals surface area contributed by atoms with Gasteiger partial charge in [0.2, 0.25) is 5.91 Å². The van der Waals surface area contributed by atoms with E-state index in [0.29, 0.717) is 6.54 Å². The van der Waals surface area contributed by atoms with Gasteiger partial charge in [-0.3, -0.25) is 9.48 Å². The summed E-state index contributed by atoms with van der Waals surface area (Å²) in [5.41, 5.74) is 7.34. The lowest BCUT2D eigenvalue weighted by Crippen LogP contribution is -2.44. The number of hydrogen-bond acceptors (Lipinski definition) is 3. The van der Waals surface area contributed by atoms with E-state index in [1.54, 1.807) is 0 Å². The van der Waals surface area contributed by atoms with E-state index in [-0.39, 0.29) is 11.9 Å². The molecule has 16 heavy (non-hydrogen) atoms. The molecule has 1 aromatic heterocycles. The lowest BCUT2D eigenvalue weighted by Gasteiger charge is -2.15. The summed E-state index contributed by atoms with van der Waals surface area (Å²) in [5, 5.41) is 7.43. The van der Waals surface area contributed by atoms with Gasteiger partial charge in [0.15, 0.2) is 0 Å². The van der Waals surface area contributed by atoms with Crippen molar-refractivity contribution in [1.29, 1.82) is 0 Å². The van der Waals surface area contributed by atoms with E-state index < -0.39 is 0 Å². The van der Waals surface area contributed by atoms with Gasteiger partial charge in [-0.25, -0.2) is 0 Å². The molecule has 1 aromatic rings. The van der Waals surface area contributed by atoms with E-state index in [1.807, 2.05) is 31.5 Å². The van der Waals surface area contributed by atoms with Crippen LogP contribution in [0.15, 0.2) is 6.07 Å². The molecule has 5 heteroatoms. The Bertz CT molecular complexity index is 359. The Kier molecular flexibility index (Phi) is 4.49. The van der Waals surface area contributed by atoms with Gasteiger partial charge < -0.3 is 11.1 Å². The summed E-state index contributed by atoms with van der Waals surface area (Å²) < 4.78 is 1.81. The molecule has 0 bridgehead atoms. The average molecular weight is 224 g/mol. The van der Waals surface area contributed by atoms with Gasteiger partial charge in [0.25, 0.3) is 0 Å². The van der Waals surface area contributed by atoms with E-state index in [9.17, 15) is 4.79 Å². The normalized spacial score (nSPS) is 12.7. The van der Waals surface area contributed by atoms with Gasteiger partial charge in [-0.1, -0.05) is 6.92 Å². The number of hydrogen-bond donors (Lipinski definition) is 2. The first-order valence-electron chi connectivity index (χ1n) is 5.58. The Hall–Kier alpha value is -1.36. The van der Waals surface area contributed by atoms with Crippen molar-refractivity contribution in [3.63, 3.8) is 0 Å². The summed E-state index contributed by atoms with van der Waals surface area (Å²) in [6.45, 7) is 7.23. The Morgan fingerprint density at radius 3 is 2.75 bits per heavy atom. The summed E-state index contributed by atoms with van der Waals surface area (Å²) in [5.74, 6) is -0.332. The largest absolute Gasteiger partial charge is 0.368 e. The van der Waals surface area contributed by atoms with Crippen LogP contribution in [-0.4, -0.2) is 28.3 Å². The molecule has 0 saturated heterocycles. The molecule has 5 nitrogen and oxygen atoms in total. The molecule has 1 atom stereocenters. The average Bonchev–Trinajstić information content (AvgIpc) is 2.51. The van der Waals surface area contributed by atoms with E-state index in [0.717, 1.165) is 24.4 Å². The maximum Gasteiger partial charge on any atom is 0.236 e. The molecule has 0 aliphatic rings. The molecule has 90 valence electrons. The third-order valence-electron chi connectivity index (χ3n) is 2.44. The zero-order valence-electron chi connectivity index (χ0n) is 10.2. The molecule has 0 fully saturated rings. The molecule has 0 aliphatic heterocycles. The molecule has 3 N–H and O–H groups in total. The van der Waals surface area contributed by atoms with Gasteiger partial charge in [-0.2, -0.15) is 5.10 Å². The molecule has 1 rings (SSSR count). The molecule has 1 unspecified atom stereocenters. The van der Waals surface area contributed by atoms with Crippen molar-refractivity contribution in [3.8, 4) is 0 Å². The number of amides is 1. The minimum atomic E-state index is -0.349. The van der Waals surface area contributed by atoms with Crippen LogP contribution < -0.4 is 11.1 Å². The number of carbonyl (C=O) groups excluding carboxylic acids is 1. The van der Waals surface area contributed by atoms with Crippen LogP contribution in [-0.2, 0) is 11.3 Å². The summed E-state index contributed by atoms with van der Waals surface area (Å²) in [6, 6.07) is 1.63. The van der Waals surface area contributed by atoms with Crippen LogP contribution in [0.1, 0.15) is 24.7 Å². The smallest absolute Gasteiger partial charge is 0.236 e. The third kappa shape index (κ3) is 3.34. The highest BCUT2D eigenvalue weighted by atomic mass is 16.1. The summed E-state index contributed by atoms with van der Waals surface area (Å²) in [4.78, 5) is 11.2. The molecule has 0 radical (unpaired) electrons. The monoisotopic (exact) mass is 224 g/mol. The van der Waals surface area contributed by atoms with E-state index in [1.165, 1.54) is 0 Å². The second-order valence-electron chi connectivity index (χ2n) is 4.02. The molecule has 0 saturated carbocycles. The fourth-order valence-corrected chi connectivity index (χ4v) is 1.61. The minimum absolute atomic E-state index is 0.332. The van der Waals surface area contributed by atoms with Gasteiger partial charge >= 0.3 is 0 Å². The second kappa shape index (κ2) is 5.65. The summed E-state index contributed by atoms with van der Waals surface area (Å²) in [6.07, 6.45) is 0.973. The molecule has 0 aromatic carbocycles. The predicted molar refractivity (Wildman–Crippen MR) is 63.0 cm³/mol. The van der Waals surface area contributed by atoms with Gasteiger partial charge in [0, 0.05) is 5.69 Å². The van der Waals surface area contributed by atoms with Crippen LogP contribution in [0.4, 0.5) is 0 Å². The molecule has 1 amide bonds. The highest BCUT2D eigenvalue weighted by molar-refractivity contribution is 5.79. The van der Waals surface area contributed by atoms with Crippen molar-refractivity contribution in [1.82, 2.24) is 15.1 Å². The first-order chi connectivity index (χ1) is 7.54. The van der Waals surface area contributed by atoms with Crippen molar-refractivity contribution < 1.29 is 4.79 Å². The van der Waals surface area contributed by atoms with Gasteiger partial charge in [-0.05, 0) is 32.9 Å². The number of nitrogens with zero attached hydrogens (tertiary/aromatic N) is 2. The number of aromatic nitrogens is 2. The lowest BCUT2D eigenvalue weighted by molar-refractivity contribution is -0.120. The molecule has 1 heterocycles. The predicted octanol–water partition coefficient (Wildman–Crippen LogP) is 0.353. The lowest BCUT2D eigenvalue weighted by atomic mass is 10.2. The second-order valence-corrected chi connectivity index (χ2v) is 4.02. The number of nitrogens with two attached hydrogens (primary N) is 1. The minimum Gasteiger partial charge on any atom is -0.368 e. The topological polar surface area (TPSA) is 72.9 Å². The Morgan fingerprint density at radius 1 is 1.62 bits per heavy atom. The first-order valence-corrected chi connectivity index (χ1v) is 5.58. The molecular weight excluding hydrogens is 204 g/mol. The number of rotatable bonds is 6. The third-order valence-corrected chi connectivity index (χ3v) is 2.44. The van der Waals surface area contributed by atoms with Gasteiger partial charge in [0.1, 0.15) is 6.04 Å². The maximum absolute atomic E-state index is 11.2. The van der Waals surface area contributed by atoms with Crippen LogP contribution in [0.3, 0.4) is 0 Å². The highest BCUT2D eigenvalue weighted by Gasteiger charge is 2.16. The zero-order chi connectivity index (χ0) is 12.1. The molecular formula is C11H20N4O. The standard InChI is InChI=1S/C11H20N4O/c1-4-5-13-10(11(12)16)7-15-9(3)6-8(2)14-15/h6,10,13H,4-5,7H2,1-3H3,(H2,12,16). The van der Waals surface area contributed by atoms with Crippen molar-refractivity contribution in [2.75, 3.05) is 6.54 Å². The molecule has 0 spiro atoms. The highest BCUT2D eigenvalue weighted by Crippen LogP contribution is 2.03. The van der Waals surface area contributed by atoms with E-state index in [2.05, 4.69) is 10.4 Å². The summed E-state index contributed by atoms with van der Waals surface area (Å²) >= 11 is 0. The van der Waals surface area contributed by atoms with Crippen LogP contribution in [0.2, 0.25) is 0 Å². The molecule has 0 aliphatic carbocycles. The Balaban J connectivity index is 2.67. The number of aryl methyl sites for hydroxylation is 2. The Labute approximate surface area is 96.0 Å². The van der Waals surface area contributed by atoms with Crippen molar-refractivity contribution in [3.05, 3.63) is 17.5 Å². The van der Waals surface area contributed by atoms with E-state index in [4.69, 9.17) is 5.73 Å². The number of carbonyl (C=O) groups is 1.